The summed E-state index contributed by atoms with van der Waals surface area (Å²) in [5.74, 6) is 3.51. The first-order valence-corrected chi connectivity index (χ1v) is 19.9. The number of terminal acetylenes is 1. The van der Waals surface area contributed by atoms with E-state index in [-0.39, 0.29) is 10.1 Å². The highest BCUT2D eigenvalue weighted by molar-refractivity contribution is 7.13. The Kier molecular flexibility index (Phi) is 10.7. The van der Waals surface area contributed by atoms with Crippen LogP contribution in [0.3, 0.4) is 0 Å². The summed E-state index contributed by atoms with van der Waals surface area (Å²) in [7, 11) is -3.77. The van der Waals surface area contributed by atoms with Crippen LogP contribution in [0.4, 0.5) is 0 Å². The van der Waals surface area contributed by atoms with Crippen molar-refractivity contribution in [3.05, 3.63) is 57.3 Å². The minimum Gasteiger partial charge on any atom is -0.488 e. The van der Waals surface area contributed by atoms with Gasteiger partial charge in [0.05, 0.1) is 13.2 Å². The van der Waals surface area contributed by atoms with Crippen LogP contribution in [0.1, 0.15) is 75.8 Å². The van der Waals surface area contributed by atoms with E-state index in [0.717, 1.165) is 17.7 Å². The highest BCUT2D eigenvalue weighted by Gasteiger charge is 2.38. The summed E-state index contributed by atoms with van der Waals surface area (Å²) in [6, 6.07) is 10.6. The molecule has 0 aliphatic carbocycles. The van der Waals surface area contributed by atoms with E-state index in [0.29, 0.717) is 19.8 Å². The quantitative estimate of drug-likeness (QED) is 0.204. The maximum absolute atomic E-state index is 6.62. The third kappa shape index (κ3) is 8.69. The van der Waals surface area contributed by atoms with E-state index >= 15 is 0 Å². The monoisotopic (exact) mass is 556 g/mol. The average Bonchev–Trinajstić information content (AvgIpc) is 3.26. The zero-order valence-electron chi connectivity index (χ0n) is 25.0. The molecular formula is C31H48O3SSi2. The van der Waals surface area contributed by atoms with Gasteiger partial charge in [-0.05, 0) is 89.7 Å². The third-order valence-corrected chi connectivity index (χ3v) is 18.1. The first kappa shape index (κ1) is 31.6. The fourth-order valence-corrected chi connectivity index (χ4v) is 6.05. The molecule has 2 rings (SSSR count). The van der Waals surface area contributed by atoms with Gasteiger partial charge in [0.2, 0.25) is 0 Å². The maximum atomic E-state index is 6.62. The Labute approximate surface area is 232 Å². The van der Waals surface area contributed by atoms with Crippen molar-refractivity contribution in [2.75, 3.05) is 0 Å². The van der Waals surface area contributed by atoms with Crippen molar-refractivity contribution in [3.8, 4) is 18.1 Å². The molecule has 37 heavy (non-hydrogen) atoms. The Morgan fingerprint density at radius 3 is 1.95 bits per heavy atom. The van der Waals surface area contributed by atoms with Gasteiger partial charge < -0.3 is 13.6 Å². The Bertz CT molecular complexity index is 1110. The number of hydrogen-bond acceptors (Lipinski definition) is 4. The van der Waals surface area contributed by atoms with E-state index in [1.807, 2.05) is 6.08 Å². The summed E-state index contributed by atoms with van der Waals surface area (Å²) in [5.41, 5.74) is 3.52. The Hall–Kier alpha value is -1.63. The maximum Gasteiger partial charge on any atom is 0.192 e. The van der Waals surface area contributed by atoms with Crippen LogP contribution in [-0.2, 0) is 28.7 Å². The van der Waals surface area contributed by atoms with Crippen molar-refractivity contribution in [2.45, 2.75) is 111 Å². The van der Waals surface area contributed by atoms with Crippen LogP contribution in [0.2, 0.25) is 36.3 Å². The van der Waals surface area contributed by atoms with E-state index in [9.17, 15) is 0 Å². The van der Waals surface area contributed by atoms with Gasteiger partial charge in [-0.1, -0.05) is 60.5 Å². The van der Waals surface area contributed by atoms with Gasteiger partial charge in [0.1, 0.15) is 12.4 Å². The molecule has 204 valence electrons. The van der Waals surface area contributed by atoms with Gasteiger partial charge in [0.25, 0.3) is 0 Å². The second-order valence-corrected chi connectivity index (χ2v) is 23.6. The molecular weight excluding hydrogens is 509 g/mol. The molecule has 1 aromatic heterocycles. The Morgan fingerprint density at radius 2 is 1.43 bits per heavy atom. The highest BCUT2D eigenvalue weighted by Crippen LogP contribution is 2.39. The minimum atomic E-state index is -1.90. The fourth-order valence-electron chi connectivity index (χ4n) is 3.15. The molecule has 0 amide bonds. The van der Waals surface area contributed by atoms with Crippen molar-refractivity contribution in [3.63, 3.8) is 0 Å². The van der Waals surface area contributed by atoms with Crippen LogP contribution in [-0.4, -0.2) is 16.6 Å². The summed E-state index contributed by atoms with van der Waals surface area (Å²) >= 11 is 1.74. The van der Waals surface area contributed by atoms with Crippen molar-refractivity contribution >= 4 is 33.5 Å². The SMILES string of the molecule is C#C/C=C(/CC)c1ccc(COc2ccc(CO[Si](C)(C)C(C)(C)C)c(CO[Si](C)(C)C(C)(C)C)c2)s1. The molecule has 0 fully saturated rings. The Morgan fingerprint density at radius 1 is 0.865 bits per heavy atom. The third-order valence-electron chi connectivity index (χ3n) is 7.96. The van der Waals surface area contributed by atoms with Crippen molar-refractivity contribution < 1.29 is 13.6 Å². The summed E-state index contributed by atoms with van der Waals surface area (Å²) in [5, 5.41) is 0.321. The van der Waals surface area contributed by atoms with Crippen molar-refractivity contribution in [1.82, 2.24) is 0 Å². The zero-order chi connectivity index (χ0) is 28.1. The molecule has 3 nitrogen and oxygen atoms in total. The molecule has 2 aromatic rings. The van der Waals surface area contributed by atoms with Gasteiger partial charge in [-0.15, -0.1) is 17.8 Å². The van der Waals surface area contributed by atoms with Crippen LogP contribution in [0.15, 0.2) is 36.4 Å². The molecule has 0 bridgehead atoms. The summed E-state index contributed by atoms with van der Waals surface area (Å²) in [6.45, 7) is 26.7. The lowest BCUT2D eigenvalue weighted by Gasteiger charge is -2.37. The molecule has 0 atom stereocenters. The Balaban J connectivity index is 2.24. The van der Waals surface area contributed by atoms with Gasteiger partial charge in [-0.2, -0.15) is 0 Å². The van der Waals surface area contributed by atoms with E-state index in [1.54, 1.807) is 11.3 Å². The van der Waals surface area contributed by atoms with Gasteiger partial charge >= 0.3 is 0 Å². The number of rotatable bonds is 11. The van der Waals surface area contributed by atoms with Crippen LogP contribution in [0.5, 0.6) is 5.75 Å². The second kappa shape index (κ2) is 12.5. The van der Waals surface area contributed by atoms with E-state index in [2.05, 4.69) is 111 Å². The van der Waals surface area contributed by atoms with Gasteiger partial charge in [0, 0.05) is 9.75 Å². The molecule has 0 aliphatic rings. The fraction of sp³-hybridized carbons (Fsp3) is 0.548. The number of benzene rings is 1. The number of allylic oxidation sites excluding steroid dienone is 2. The van der Waals surface area contributed by atoms with Gasteiger partial charge in [-0.3, -0.25) is 0 Å². The number of hydrogen-bond donors (Lipinski definition) is 0. The molecule has 6 heteroatoms. The van der Waals surface area contributed by atoms with Crippen LogP contribution < -0.4 is 4.74 Å². The van der Waals surface area contributed by atoms with Crippen LogP contribution in [0.25, 0.3) is 5.57 Å². The topological polar surface area (TPSA) is 27.7 Å². The normalized spacial score (nSPS) is 13.5. The molecule has 1 heterocycles. The van der Waals surface area contributed by atoms with Crippen LogP contribution >= 0.6 is 11.3 Å². The van der Waals surface area contributed by atoms with Crippen molar-refractivity contribution in [2.24, 2.45) is 0 Å². The predicted molar refractivity (Wildman–Crippen MR) is 166 cm³/mol. The lowest BCUT2D eigenvalue weighted by atomic mass is 10.1. The average molecular weight is 557 g/mol. The predicted octanol–water partition coefficient (Wildman–Crippen LogP) is 9.80. The molecule has 0 saturated heterocycles. The number of thiophene rings is 1. The number of ether oxygens (including phenoxy) is 1. The van der Waals surface area contributed by atoms with Gasteiger partial charge in [-0.25, -0.2) is 0 Å². The lowest BCUT2D eigenvalue weighted by molar-refractivity contribution is 0.255. The molecule has 0 saturated carbocycles. The molecule has 0 unspecified atom stereocenters. The van der Waals surface area contributed by atoms with Gasteiger partial charge in [0.15, 0.2) is 16.6 Å². The summed E-state index contributed by atoms with van der Waals surface area (Å²) in [4.78, 5) is 2.39. The zero-order valence-corrected chi connectivity index (χ0v) is 27.8. The second-order valence-electron chi connectivity index (χ2n) is 12.8. The largest absolute Gasteiger partial charge is 0.488 e. The molecule has 0 N–H and O–H groups in total. The first-order chi connectivity index (χ1) is 17.0. The molecule has 0 radical (unpaired) electrons. The molecule has 0 spiro atoms. The molecule has 0 aliphatic heterocycles. The highest BCUT2D eigenvalue weighted by atomic mass is 32.1. The smallest absolute Gasteiger partial charge is 0.192 e. The minimum absolute atomic E-state index is 0.154. The van der Waals surface area contributed by atoms with E-state index in [1.165, 1.54) is 20.9 Å². The van der Waals surface area contributed by atoms with E-state index < -0.39 is 16.6 Å². The molecule has 1 aromatic carbocycles. The van der Waals surface area contributed by atoms with E-state index in [4.69, 9.17) is 20.0 Å². The summed E-state index contributed by atoms with van der Waals surface area (Å²) in [6.07, 6.45) is 8.27. The summed E-state index contributed by atoms with van der Waals surface area (Å²) < 4.78 is 19.4. The van der Waals surface area contributed by atoms with Crippen LogP contribution in [0, 0.1) is 12.3 Å². The standard InChI is InChI=1S/C31H48O3SSi2/c1-13-15-24(14-2)29-19-18-28(35-29)23-32-27-17-16-25(21-33-36(9,10)30(3,4)5)26(20-27)22-34-37(11,12)31(6,7)8/h1,15-20H,14,21-23H2,2-12H3/b24-15-. The lowest BCUT2D eigenvalue weighted by Crippen LogP contribution is -2.41. The van der Waals surface area contributed by atoms with Crippen molar-refractivity contribution in [1.29, 1.82) is 0 Å². The first-order valence-electron chi connectivity index (χ1n) is 13.3.